The minimum absolute atomic E-state index is 0.101. The van der Waals surface area contributed by atoms with Gasteiger partial charge in [-0.05, 0) is 31.5 Å². The Morgan fingerprint density at radius 2 is 2.30 bits per heavy atom. The van der Waals surface area contributed by atoms with Gasteiger partial charge < -0.3 is 10.6 Å². The van der Waals surface area contributed by atoms with Crippen LogP contribution in [0.25, 0.3) is 0 Å². The zero-order valence-corrected chi connectivity index (χ0v) is 11.8. The van der Waals surface area contributed by atoms with Crippen molar-refractivity contribution >= 4 is 11.7 Å². The lowest BCUT2D eigenvalue weighted by molar-refractivity contribution is 0.0952. The molecule has 0 saturated heterocycles. The molecule has 20 heavy (non-hydrogen) atoms. The molecule has 0 bridgehead atoms. The number of rotatable bonds is 6. The summed E-state index contributed by atoms with van der Waals surface area (Å²) < 4.78 is 1.81. The van der Waals surface area contributed by atoms with Crippen LogP contribution in [0, 0.1) is 6.92 Å². The number of carbonyl (C=O) groups is 1. The molecule has 6 nitrogen and oxygen atoms in total. The number of pyridine rings is 1. The van der Waals surface area contributed by atoms with Crippen molar-refractivity contribution in [3.63, 3.8) is 0 Å². The normalized spacial score (nSPS) is 10.3. The van der Waals surface area contributed by atoms with E-state index in [2.05, 4.69) is 20.7 Å². The van der Waals surface area contributed by atoms with Gasteiger partial charge in [0.1, 0.15) is 5.82 Å². The van der Waals surface area contributed by atoms with Crippen LogP contribution >= 0.6 is 0 Å². The first kappa shape index (κ1) is 14.0. The molecule has 2 aromatic heterocycles. The van der Waals surface area contributed by atoms with Gasteiger partial charge in [0.25, 0.3) is 5.91 Å². The molecule has 0 aromatic carbocycles. The lowest BCUT2D eigenvalue weighted by Crippen LogP contribution is -2.27. The topological polar surface area (TPSA) is 71.8 Å². The Kier molecular flexibility index (Phi) is 4.70. The Labute approximate surface area is 118 Å². The quantitative estimate of drug-likeness (QED) is 0.835. The predicted molar refractivity (Wildman–Crippen MR) is 77.7 cm³/mol. The van der Waals surface area contributed by atoms with Crippen LogP contribution < -0.4 is 10.6 Å². The fourth-order valence-corrected chi connectivity index (χ4v) is 1.82. The minimum Gasteiger partial charge on any atom is -0.370 e. The average Bonchev–Trinajstić information content (AvgIpc) is 2.85. The van der Waals surface area contributed by atoms with Gasteiger partial charge in [-0.15, -0.1) is 0 Å². The van der Waals surface area contributed by atoms with Crippen molar-refractivity contribution in [2.24, 2.45) is 0 Å². The lowest BCUT2D eigenvalue weighted by atomic mass is 10.2. The summed E-state index contributed by atoms with van der Waals surface area (Å²) in [6.45, 7) is 5.95. The summed E-state index contributed by atoms with van der Waals surface area (Å²) in [4.78, 5) is 16.1. The van der Waals surface area contributed by atoms with E-state index < -0.39 is 0 Å². The smallest absolute Gasteiger partial charge is 0.251 e. The van der Waals surface area contributed by atoms with Crippen molar-refractivity contribution in [2.75, 3.05) is 18.4 Å². The van der Waals surface area contributed by atoms with Gasteiger partial charge in [0.05, 0.1) is 12.7 Å². The highest BCUT2D eigenvalue weighted by molar-refractivity contribution is 5.94. The van der Waals surface area contributed by atoms with E-state index in [1.807, 2.05) is 24.7 Å². The fraction of sp³-hybridized carbons (Fsp3) is 0.357. The summed E-state index contributed by atoms with van der Waals surface area (Å²) >= 11 is 0. The Bertz CT molecular complexity index is 578. The molecular weight excluding hydrogens is 254 g/mol. The van der Waals surface area contributed by atoms with Gasteiger partial charge in [-0.3, -0.25) is 9.48 Å². The van der Waals surface area contributed by atoms with E-state index in [0.717, 1.165) is 12.1 Å². The molecule has 2 aromatic rings. The third-order valence-corrected chi connectivity index (χ3v) is 2.77. The molecule has 2 N–H and O–H groups in total. The van der Waals surface area contributed by atoms with E-state index in [9.17, 15) is 4.79 Å². The van der Waals surface area contributed by atoms with Crippen LogP contribution in [0.3, 0.4) is 0 Å². The van der Waals surface area contributed by atoms with Gasteiger partial charge in [-0.2, -0.15) is 5.10 Å². The molecule has 106 valence electrons. The number of hydrogen-bond acceptors (Lipinski definition) is 4. The van der Waals surface area contributed by atoms with Gasteiger partial charge in [0.15, 0.2) is 0 Å². The van der Waals surface area contributed by atoms with Crippen molar-refractivity contribution in [2.45, 2.75) is 20.4 Å². The first-order chi connectivity index (χ1) is 9.69. The van der Waals surface area contributed by atoms with Crippen molar-refractivity contribution in [1.29, 1.82) is 0 Å². The van der Waals surface area contributed by atoms with Gasteiger partial charge >= 0.3 is 0 Å². The maximum absolute atomic E-state index is 12.0. The molecule has 0 aliphatic rings. The number of hydrogen-bond donors (Lipinski definition) is 2. The highest BCUT2D eigenvalue weighted by Gasteiger charge is 2.06. The molecule has 0 aliphatic carbocycles. The summed E-state index contributed by atoms with van der Waals surface area (Å²) in [7, 11) is 0. The molecule has 2 rings (SSSR count). The van der Waals surface area contributed by atoms with E-state index in [0.29, 0.717) is 24.5 Å². The number of aromatic nitrogens is 3. The predicted octanol–water partition coefficient (Wildman–Crippen LogP) is 1.45. The number of carbonyl (C=O) groups excluding carboxylic acids is 1. The largest absolute Gasteiger partial charge is 0.370 e. The molecule has 2 heterocycles. The molecule has 0 saturated carbocycles. The lowest BCUT2D eigenvalue weighted by Gasteiger charge is -2.07. The SMILES string of the molecule is CCNc1cc(C(=O)NCCn2cc(C)cn2)ccn1. The molecule has 0 spiro atoms. The number of nitrogens with one attached hydrogen (secondary N) is 2. The maximum atomic E-state index is 12.0. The summed E-state index contributed by atoms with van der Waals surface area (Å²) in [6, 6.07) is 3.45. The first-order valence-corrected chi connectivity index (χ1v) is 6.66. The molecule has 0 radical (unpaired) electrons. The van der Waals surface area contributed by atoms with Crippen molar-refractivity contribution in [1.82, 2.24) is 20.1 Å². The number of amides is 1. The third kappa shape index (κ3) is 3.81. The van der Waals surface area contributed by atoms with Crippen molar-refractivity contribution < 1.29 is 4.79 Å². The van der Waals surface area contributed by atoms with Crippen LogP contribution in [0.4, 0.5) is 5.82 Å². The molecule has 1 amide bonds. The molecule has 0 unspecified atom stereocenters. The Morgan fingerprint density at radius 3 is 3.00 bits per heavy atom. The van der Waals surface area contributed by atoms with Crippen molar-refractivity contribution in [3.05, 3.63) is 41.9 Å². The fourth-order valence-electron chi connectivity index (χ4n) is 1.82. The van der Waals surface area contributed by atoms with Crippen LogP contribution in [0.1, 0.15) is 22.8 Å². The number of nitrogens with zero attached hydrogens (tertiary/aromatic N) is 3. The second-order valence-corrected chi connectivity index (χ2v) is 4.50. The maximum Gasteiger partial charge on any atom is 0.251 e. The van der Waals surface area contributed by atoms with Gasteiger partial charge in [0, 0.05) is 31.0 Å². The monoisotopic (exact) mass is 273 g/mol. The Hall–Kier alpha value is -2.37. The average molecular weight is 273 g/mol. The van der Waals surface area contributed by atoms with E-state index in [1.54, 1.807) is 24.5 Å². The highest BCUT2D eigenvalue weighted by Crippen LogP contribution is 2.06. The summed E-state index contributed by atoms with van der Waals surface area (Å²) in [6.07, 6.45) is 5.37. The summed E-state index contributed by atoms with van der Waals surface area (Å²) in [5.74, 6) is 0.610. The van der Waals surface area contributed by atoms with E-state index in [-0.39, 0.29) is 5.91 Å². The summed E-state index contributed by atoms with van der Waals surface area (Å²) in [5.41, 5.74) is 1.72. The first-order valence-electron chi connectivity index (χ1n) is 6.66. The number of anilines is 1. The highest BCUT2D eigenvalue weighted by atomic mass is 16.1. The molecule has 0 aliphatic heterocycles. The van der Waals surface area contributed by atoms with Crippen LogP contribution in [0.2, 0.25) is 0 Å². The van der Waals surface area contributed by atoms with E-state index in [1.165, 1.54) is 0 Å². The van der Waals surface area contributed by atoms with Crippen LogP contribution in [-0.4, -0.2) is 33.8 Å². The van der Waals surface area contributed by atoms with Crippen LogP contribution in [0.5, 0.6) is 0 Å². The second-order valence-electron chi connectivity index (χ2n) is 4.50. The summed E-state index contributed by atoms with van der Waals surface area (Å²) in [5, 5.41) is 10.1. The zero-order chi connectivity index (χ0) is 14.4. The molecule has 0 fully saturated rings. The van der Waals surface area contributed by atoms with Gasteiger partial charge in [-0.25, -0.2) is 4.98 Å². The van der Waals surface area contributed by atoms with Crippen molar-refractivity contribution in [3.8, 4) is 0 Å². The standard InChI is InChI=1S/C14H19N5O/c1-3-15-13-8-12(4-5-16-13)14(20)17-6-7-19-10-11(2)9-18-19/h4-5,8-10H,3,6-7H2,1-2H3,(H,15,16)(H,17,20). The second kappa shape index (κ2) is 6.70. The van der Waals surface area contributed by atoms with Crippen LogP contribution in [0.15, 0.2) is 30.7 Å². The zero-order valence-electron chi connectivity index (χ0n) is 11.8. The Morgan fingerprint density at radius 1 is 1.45 bits per heavy atom. The van der Waals surface area contributed by atoms with Gasteiger partial charge in [0.2, 0.25) is 0 Å². The molecular formula is C14H19N5O. The van der Waals surface area contributed by atoms with Crippen LogP contribution in [-0.2, 0) is 6.54 Å². The van der Waals surface area contributed by atoms with E-state index in [4.69, 9.17) is 0 Å². The minimum atomic E-state index is -0.101. The van der Waals surface area contributed by atoms with Gasteiger partial charge in [-0.1, -0.05) is 0 Å². The van der Waals surface area contributed by atoms with E-state index >= 15 is 0 Å². The number of aryl methyl sites for hydroxylation is 1. The Balaban J connectivity index is 1.86. The molecule has 0 atom stereocenters. The third-order valence-electron chi connectivity index (χ3n) is 2.77. The molecule has 6 heteroatoms.